The molecule has 3 heterocycles. The summed E-state index contributed by atoms with van der Waals surface area (Å²) in [7, 11) is 0. The molecule has 0 spiro atoms. The number of fused-ring (bicyclic) bond motifs is 3. The van der Waals surface area contributed by atoms with Crippen molar-refractivity contribution in [3.63, 3.8) is 0 Å². The number of carbonyl (C=O) groups is 1. The normalized spacial score (nSPS) is 24.2. The zero-order valence-corrected chi connectivity index (χ0v) is 22.3. The van der Waals surface area contributed by atoms with Gasteiger partial charge in [0, 0.05) is 22.5 Å². The second-order valence-corrected chi connectivity index (χ2v) is 11.3. The van der Waals surface area contributed by atoms with Crippen LogP contribution in [-0.2, 0) is 16.1 Å². The molecule has 7 rings (SSSR count). The van der Waals surface area contributed by atoms with E-state index >= 15 is 0 Å². The van der Waals surface area contributed by atoms with Crippen LogP contribution in [0.5, 0.6) is 5.75 Å². The van der Waals surface area contributed by atoms with Crippen LogP contribution >= 0.6 is 0 Å². The van der Waals surface area contributed by atoms with Gasteiger partial charge < -0.3 is 23.8 Å². The molecule has 3 aromatic rings. The van der Waals surface area contributed by atoms with E-state index in [9.17, 15) is 23.1 Å². The van der Waals surface area contributed by atoms with E-state index in [1.54, 1.807) is 30.3 Å². The number of nitrogens with zero attached hydrogens (tertiary/aromatic N) is 1. The van der Waals surface area contributed by atoms with E-state index in [1.165, 1.54) is 12.1 Å². The van der Waals surface area contributed by atoms with Crippen LogP contribution in [0.3, 0.4) is 0 Å². The number of aromatic carboxylic acids is 1. The number of halogens is 3. The van der Waals surface area contributed by atoms with Crippen LogP contribution in [0.4, 0.5) is 13.2 Å². The van der Waals surface area contributed by atoms with Crippen molar-refractivity contribution in [1.29, 1.82) is 0 Å². The lowest BCUT2D eigenvalue weighted by Crippen LogP contribution is -2.51. The first-order valence-corrected chi connectivity index (χ1v) is 13.7. The first-order chi connectivity index (χ1) is 19.6. The lowest BCUT2D eigenvalue weighted by Gasteiger charge is -2.52. The highest BCUT2D eigenvalue weighted by molar-refractivity contribution is 5.88. The molecule has 10 heteroatoms. The summed E-state index contributed by atoms with van der Waals surface area (Å²) in [4.78, 5) is 11.3. The topological polar surface area (TPSA) is 91.0 Å². The van der Waals surface area contributed by atoms with Gasteiger partial charge in [0.2, 0.25) is 0 Å². The zero-order valence-electron chi connectivity index (χ0n) is 22.3. The van der Waals surface area contributed by atoms with Crippen molar-refractivity contribution in [3.05, 3.63) is 77.1 Å². The second-order valence-electron chi connectivity index (χ2n) is 11.3. The van der Waals surface area contributed by atoms with E-state index in [1.807, 2.05) is 18.2 Å². The summed E-state index contributed by atoms with van der Waals surface area (Å²) in [5.74, 6) is -0.433. The third kappa shape index (κ3) is 6.04. The summed E-state index contributed by atoms with van der Waals surface area (Å²) in [6.45, 7) is 1.14. The highest BCUT2D eigenvalue weighted by atomic mass is 19.4. The molecule has 7 nitrogen and oxygen atoms in total. The van der Waals surface area contributed by atoms with E-state index in [0.29, 0.717) is 30.2 Å². The second kappa shape index (κ2) is 10.6. The van der Waals surface area contributed by atoms with Crippen molar-refractivity contribution in [2.45, 2.75) is 63.0 Å². The average molecular weight is 570 g/mol. The van der Waals surface area contributed by atoms with E-state index in [2.05, 4.69) is 9.89 Å². The summed E-state index contributed by atoms with van der Waals surface area (Å²) in [5, 5.41) is 13.4. The highest BCUT2D eigenvalue weighted by Gasteiger charge is 2.49. The van der Waals surface area contributed by atoms with Gasteiger partial charge >= 0.3 is 12.3 Å². The number of benzene rings is 2. The minimum atomic E-state index is -4.83. The number of alkyl halides is 3. The summed E-state index contributed by atoms with van der Waals surface area (Å²) < 4.78 is 61.6. The molecule has 2 saturated carbocycles. The lowest BCUT2D eigenvalue weighted by atomic mass is 9.66. The van der Waals surface area contributed by atoms with Crippen molar-refractivity contribution < 1.29 is 41.8 Å². The Morgan fingerprint density at radius 1 is 1.10 bits per heavy atom. The van der Waals surface area contributed by atoms with Gasteiger partial charge in [0.1, 0.15) is 17.2 Å². The number of ether oxygens (including phenoxy) is 3. The molecule has 2 saturated heterocycles. The van der Waals surface area contributed by atoms with Gasteiger partial charge in [-0.05, 0) is 68.4 Å². The largest absolute Gasteiger partial charge is 0.573 e. The molecule has 0 unspecified atom stereocenters. The molecule has 0 amide bonds. The summed E-state index contributed by atoms with van der Waals surface area (Å²) >= 11 is 0. The summed E-state index contributed by atoms with van der Waals surface area (Å²) in [5.41, 5.74) is 1.70. The van der Waals surface area contributed by atoms with Crippen LogP contribution in [0.25, 0.3) is 17.3 Å². The van der Waals surface area contributed by atoms with Gasteiger partial charge in [-0.1, -0.05) is 41.6 Å². The van der Waals surface area contributed by atoms with Crippen molar-refractivity contribution in [3.8, 4) is 17.0 Å². The molecule has 1 aromatic heterocycles. The Morgan fingerprint density at radius 3 is 2.56 bits per heavy atom. The van der Waals surface area contributed by atoms with Gasteiger partial charge in [-0.25, -0.2) is 4.79 Å². The average Bonchev–Trinajstić information content (AvgIpc) is 3.72. The van der Waals surface area contributed by atoms with Crippen LogP contribution in [0.15, 0.2) is 59.1 Å². The van der Waals surface area contributed by atoms with Crippen LogP contribution in [0, 0.1) is 5.41 Å². The van der Waals surface area contributed by atoms with Crippen LogP contribution < -0.4 is 4.74 Å². The minimum Gasteiger partial charge on any atom is -0.478 e. The van der Waals surface area contributed by atoms with Gasteiger partial charge in [0.25, 0.3) is 0 Å². The number of carboxylic acid groups (broad SMARTS) is 1. The molecule has 4 aliphatic rings. The smallest absolute Gasteiger partial charge is 0.478 e. The maximum atomic E-state index is 13.1. The van der Waals surface area contributed by atoms with Gasteiger partial charge in [0.15, 0.2) is 0 Å². The molecule has 2 bridgehead atoms. The standard InChI is InChI=1S/C31H30F3NO6/c32-31(33,34)40-25-7-2-1-6-23(25)26-24(27(41-35-26)21-8-9-21)17-38-18-29-12-14-30(15-13-29,39-19-29)11-10-20-4-3-5-22(16-20)28(36)37/h1-7,10-11,16,21H,8-9,12-15,17-19H2,(H,36,37). The fraction of sp³-hybridized carbons (Fsp3) is 0.419. The molecule has 2 aliphatic carbocycles. The molecule has 216 valence electrons. The van der Waals surface area contributed by atoms with Crippen LogP contribution in [0.1, 0.15) is 71.7 Å². The van der Waals surface area contributed by atoms with Crippen molar-refractivity contribution >= 4 is 12.0 Å². The first-order valence-electron chi connectivity index (χ1n) is 13.7. The van der Waals surface area contributed by atoms with Crippen molar-refractivity contribution in [2.75, 3.05) is 13.2 Å². The van der Waals surface area contributed by atoms with Gasteiger partial charge in [-0.3, -0.25) is 0 Å². The summed E-state index contributed by atoms with van der Waals surface area (Å²) in [6, 6.07) is 12.7. The number of aromatic nitrogens is 1. The Morgan fingerprint density at radius 2 is 1.88 bits per heavy atom. The van der Waals surface area contributed by atoms with Crippen molar-refractivity contribution in [1.82, 2.24) is 5.16 Å². The highest BCUT2D eigenvalue weighted by Crippen LogP contribution is 2.50. The molecule has 2 aromatic carbocycles. The Kier molecular flexibility index (Phi) is 7.15. The molecule has 0 radical (unpaired) electrons. The quantitative estimate of drug-likeness (QED) is 0.273. The Balaban J connectivity index is 1.12. The number of rotatable bonds is 10. The molecule has 4 fully saturated rings. The Labute approximate surface area is 234 Å². The maximum absolute atomic E-state index is 13.1. The molecule has 0 atom stereocenters. The number of para-hydroxylation sites is 1. The first kappa shape index (κ1) is 27.5. The monoisotopic (exact) mass is 569 g/mol. The molecular formula is C31H30F3NO6. The molecular weight excluding hydrogens is 539 g/mol. The summed E-state index contributed by atoms with van der Waals surface area (Å²) in [6.07, 6.45) is 4.47. The Hall–Kier alpha value is -3.63. The number of hydrogen-bond acceptors (Lipinski definition) is 6. The predicted molar refractivity (Wildman–Crippen MR) is 142 cm³/mol. The van der Waals surface area contributed by atoms with Gasteiger partial charge in [-0.15, -0.1) is 13.2 Å². The fourth-order valence-corrected chi connectivity index (χ4v) is 5.80. The van der Waals surface area contributed by atoms with E-state index in [4.69, 9.17) is 14.0 Å². The maximum Gasteiger partial charge on any atom is 0.573 e. The van der Waals surface area contributed by atoms with E-state index < -0.39 is 12.3 Å². The third-order valence-electron chi connectivity index (χ3n) is 8.33. The van der Waals surface area contributed by atoms with E-state index in [-0.39, 0.29) is 40.4 Å². The predicted octanol–water partition coefficient (Wildman–Crippen LogP) is 7.38. The van der Waals surface area contributed by atoms with Crippen LogP contribution in [-0.4, -0.2) is 41.4 Å². The Bertz CT molecular complexity index is 1430. The van der Waals surface area contributed by atoms with Crippen LogP contribution in [0.2, 0.25) is 0 Å². The third-order valence-corrected chi connectivity index (χ3v) is 8.33. The number of hydrogen-bond donors (Lipinski definition) is 1. The molecule has 2 aliphatic heterocycles. The SMILES string of the molecule is O=C(O)c1cccc(C=CC23CCC(COCc4c(-c5ccccc5OC(F)(F)F)noc4C4CC4)(CC2)CO3)c1. The van der Waals surface area contributed by atoms with Gasteiger partial charge in [-0.2, -0.15) is 0 Å². The van der Waals surface area contributed by atoms with E-state index in [0.717, 1.165) is 44.1 Å². The van der Waals surface area contributed by atoms with Gasteiger partial charge in [0.05, 0.1) is 31.0 Å². The zero-order chi connectivity index (χ0) is 28.7. The lowest BCUT2D eigenvalue weighted by molar-refractivity contribution is -0.274. The minimum absolute atomic E-state index is 0.146. The van der Waals surface area contributed by atoms with Crippen molar-refractivity contribution in [2.24, 2.45) is 5.41 Å². The molecule has 41 heavy (non-hydrogen) atoms. The number of carboxylic acids is 1. The fourth-order valence-electron chi connectivity index (χ4n) is 5.80. The molecule has 1 N–H and O–H groups in total.